The maximum absolute atomic E-state index is 10.4. The Hall–Kier alpha value is -1.06. The third-order valence-corrected chi connectivity index (χ3v) is 2.19. The van der Waals surface area contributed by atoms with Crippen molar-refractivity contribution in [3.8, 4) is 0 Å². The van der Waals surface area contributed by atoms with E-state index in [9.17, 15) is 9.90 Å². The van der Waals surface area contributed by atoms with Crippen LogP contribution in [0.1, 0.15) is 23.7 Å². The molecule has 1 aromatic rings. The minimum atomic E-state index is -1.02. The number of aliphatic hydroxyl groups is 1. The van der Waals surface area contributed by atoms with Crippen LogP contribution in [0, 0.1) is 6.92 Å². The number of halogens is 1. The summed E-state index contributed by atoms with van der Waals surface area (Å²) in [4.78, 5) is 10.4. The monoisotopic (exact) mass is 214 g/mol. The van der Waals surface area contributed by atoms with Gasteiger partial charge in [-0.25, -0.2) is 0 Å². The van der Waals surface area contributed by atoms with Crippen molar-refractivity contribution < 1.29 is 15.0 Å². The molecular formula is C10H11ClO3. The standard InChI is InChI=1S/C10H11ClO3/c1-6-4-7(11)2-3-8(6)9(12)5-10(13)14/h2-4,9,12H,5H2,1H3,(H,13,14)/t9-/m1/s1. The molecule has 14 heavy (non-hydrogen) atoms. The lowest BCUT2D eigenvalue weighted by molar-refractivity contribution is -0.139. The molecule has 0 bridgehead atoms. The van der Waals surface area contributed by atoms with Crippen LogP contribution < -0.4 is 0 Å². The Morgan fingerprint density at radius 2 is 2.21 bits per heavy atom. The molecule has 0 aliphatic rings. The Kier molecular flexibility index (Phi) is 3.49. The average Bonchev–Trinajstić information content (AvgIpc) is 2.01. The molecule has 1 atom stereocenters. The van der Waals surface area contributed by atoms with Crippen LogP contribution in [0.5, 0.6) is 0 Å². The van der Waals surface area contributed by atoms with Gasteiger partial charge in [-0.3, -0.25) is 4.79 Å². The van der Waals surface area contributed by atoms with Crippen molar-refractivity contribution >= 4 is 17.6 Å². The van der Waals surface area contributed by atoms with E-state index in [1.54, 1.807) is 25.1 Å². The van der Waals surface area contributed by atoms with E-state index < -0.39 is 12.1 Å². The van der Waals surface area contributed by atoms with Gasteiger partial charge in [0.1, 0.15) is 0 Å². The van der Waals surface area contributed by atoms with Gasteiger partial charge in [-0.05, 0) is 30.2 Å². The number of aliphatic hydroxyl groups excluding tert-OH is 1. The highest BCUT2D eigenvalue weighted by Crippen LogP contribution is 2.23. The minimum absolute atomic E-state index is 0.289. The molecule has 0 saturated heterocycles. The second-order valence-electron chi connectivity index (χ2n) is 3.11. The van der Waals surface area contributed by atoms with Crippen LogP contribution >= 0.6 is 11.6 Å². The number of carboxylic acids is 1. The molecule has 0 aromatic heterocycles. The molecule has 0 unspecified atom stereocenters. The predicted molar refractivity (Wildman–Crippen MR) is 53.4 cm³/mol. The van der Waals surface area contributed by atoms with E-state index in [-0.39, 0.29) is 6.42 Å². The summed E-state index contributed by atoms with van der Waals surface area (Å²) in [6.07, 6.45) is -1.26. The number of aliphatic carboxylic acids is 1. The lowest BCUT2D eigenvalue weighted by atomic mass is 10.0. The number of benzene rings is 1. The van der Waals surface area contributed by atoms with E-state index in [2.05, 4.69) is 0 Å². The van der Waals surface area contributed by atoms with Gasteiger partial charge in [-0.15, -0.1) is 0 Å². The fourth-order valence-electron chi connectivity index (χ4n) is 1.29. The first kappa shape index (κ1) is 11.0. The number of rotatable bonds is 3. The van der Waals surface area contributed by atoms with E-state index in [0.29, 0.717) is 10.6 Å². The Labute approximate surface area is 86.9 Å². The molecular weight excluding hydrogens is 204 g/mol. The lowest BCUT2D eigenvalue weighted by Gasteiger charge is -2.11. The molecule has 3 nitrogen and oxygen atoms in total. The largest absolute Gasteiger partial charge is 0.481 e. The van der Waals surface area contributed by atoms with Crippen LogP contribution in [0.4, 0.5) is 0 Å². The third kappa shape index (κ3) is 2.72. The highest BCUT2D eigenvalue weighted by atomic mass is 35.5. The first-order valence-electron chi connectivity index (χ1n) is 4.16. The smallest absolute Gasteiger partial charge is 0.306 e. The maximum Gasteiger partial charge on any atom is 0.306 e. The molecule has 0 radical (unpaired) electrons. The first-order chi connectivity index (χ1) is 6.50. The zero-order valence-electron chi connectivity index (χ0n) is 7.70. The molecule has 0 aliphatic carbocycles. The van der Waals surface area contributed by atoms with Gasteiger partial charge in [0.25, 0.3) is 0 Å². The van der Waals surface area contributed by atoms with Gasteiger partial charge in [0.2, 0.25) is 0 Å². The van der Waals surface area contributed by atoms with Crippen molar-refractivity contribution in [1.29, 1.82) is 0 Å². The molecule has 1 aromatic carbocycles. The van der Waals surface area contributed by atoms with Crippen molar-refractivity contribution in [2.75, 3.05) is 0 Å². The number of hydrogen-bond acceptors (Lipinski definition) is 2. The van der Waals surface area contributed by atoms with Crippen LogP contribution in [0.2, 0.25) is 5.02 Å². The zero-order valence-corrected chi connectivity index (χ0v) is 8.45. The maximum atomic E-state index is 10.4. The number of aryl methyl sites for hydroxylation is 1. The van der Waals surface area contributed by atoms with E-state index >= 15 is 0 Å². The fourth-order valence-corrected chi connectivity index (χ4v) is 1.52. The summed E-state index contributed by atoms with van der Waals surface area (Å²) in [6, 6.07) is 4.97. The Morgan fingerprint density at radius 3 is 2.71 bits per heavy atom. The number of carbonyl (C=O) groups is 1. The summed E-state index contributed by atoms with van der Waals surface area (Å²) in [7, 11) is 0. The van der Waals surface area contributed by atoms with Crippen molar-refractivity contribution in [3.63, 3.8) is 0 Å². The summed E-state index contributed by atoms with van der Waals surface area (Å²) >= 11 is 5.73. The SMILES string of the molecule is Cc1cc(Cl)ccc1[C@H](O)CC(=O)O. The number of carboxylic acid groups (broad SMARTS) is 1. The zero-order chi connectivity index (χ0) is 10.7. The molecule has 0 aliphatic heterocycles. The van der Waals surface area contributed by atoms with Crippen molar-refractivity contribution in [2.45, 2.75) is 19.4 Å². The summed E-state index contributed by atoms with van der Waals surface area (Å²) in [5.74, 6) is -1.02. The molecule has 0 saturated carbocycles. The molecule has 0 spiro atoms. The molecule has 76 valence electrons. The van der Waals surface area contributed by atoms with E-state index in [0.717, 1.165) is 5.56 Å². The van der Waals surface area contributed by atoms with Crippen molar-refractivity contribution in [3.05, 3.63) is 34.3 Å². The molecule has 2 N–H and O–H groups in total. The first-order valence-corrected chi connectivity index (χ1v) is 4.54. The Bertz CT molecular complexity index is 349. The summed E-state index contributed by atoms with van der Waals surface area (Å²) in [6.45, 7) is 1.78. The van der Waals surface area contributed by atoms with Gasteiger partial charge >= 0.3 is 5.97 Å². The third-order valence-electron chi connectivity index (χ3n) is 1.96. The topological polar surface area (TPSA) is 57.5 Å². The van der Waals surface area contributed by atoms with Gasteiger partial charge in [0.05, 0.1) is 12.5 Å². The van der Waals surface area contributed by atoms with E-state index in [1.807, 2.05) is 0 Å². The summed E-state index contributed by atoms with van der Waals surface area (Å²) in [5, 5.41) is 18.6. The van der Waals surface area contributed by atoms with E-state index in [1.165, 1.54) is 0 Å². The van der Waals surface area contributed by atoms with Crippen LogP contribution in [0.3, 0.4) is 0 Å². The highest BCUT2D eigenvalue weighted by molar-refractivity contribution is 6.30. The van der Waals surface area contributed by atoms with Gasteiger partial charge in [-0.2, -0.15) is 0 Å². The minimum Gasteiger partial charge on any atom is -0.481 e. The highest BCUT2D eigenvalue weighted by Gasteiger charge is 2.13. The van der Waals surface area contributed by atoms with Crippen molar-refractivity contribution in [1.82, 2.24) is 0 Å². The van der Waals surface area contributed by atoms with Crippen LogP contribution in [-0.4, -0.2) is 16.2 Å². The molecule has 0 heterocycles. The van der Waals surface area contributed by atoms with Crippen LogP contribution in [0.25, 0.3) is 0 Å². The second-order valence-corrected chi connectivity index (χ2v) is 3.55. The predicted octanol–water partition coefficient (Wildman–Crippen LogP) is 2.16. The lowest BCUT2D eigenvalue weighted by Crippen LogP contribution is -2.06. The summed E-state index contributed by atoms with van der Waals surface area (Å²) < 4.78 is 0. The molecule has 0 fully saturated rings. The van der Waals surface area contributed by atoms with Gasteiger partial charge < -0.3 is 10.2 Å². The van der Waals surface area contributed by atoms with Gasteiger partial charge in [0.15, 0.2) is 0 Å². The fraction of sp³-hybridized carbons (Fsp3) is 0.300. The van der Waals surface area contributed by atoms with E-state index in [4.69, 9.17) is 16.7 Å². The van der Waals surface area contributed by atoms with Crippen molar-refractivity contribution in [2.24, 2.45) is 0 Å². The average molecular weight is 215 g/mol. The molecule has 0 amide bonds. The Balaban J connectivity index is 2.90. The molecule has 1 rings (SSSR count). The number of hydrogen-bond donors (Lipinski definition) is 2. The normalized spacial score (nSPS) is 12.5. The van der Waals surface area contributed by atoms with Gasteiger partial charge in [-0.1, -0.05) is 17.7 Å². The molecule has 4 heteroatoms. The Morgan fingerprint density at radius 1 is 1.57 bits per heavy atom. The second kappa shape index (κ2) is 4.44. The quantitative estimate of drug-likeness (QED) is 0.811. The van der Waals surface area contributed by atoms with Crippen LogP contribution in [-0.2, 0) is 4.79 Å². The van der Waals surface area contributed by atoms with Gasteiger partial charge in [0, 0.05) is 5.02 Å². The van der Waals surface area contributed by atoms with Crippen LogP contribution in [0.15, 0.2) is 18.2 Å². The summed E-state index contributed by atoms with van der Waals surface area (Å²) in [5.41, 5.74) is 1.41.